The van der Waals surface area contributed by atoms with E-state index in [4.69, 9.17) is 5.73 Å². The fourth-order valence-electron chi connectivity index (χ4n) is 2.28. The number of pyridine rings is 1. The largest absolute Gasteiger partial charge is 0.365 e. The maximum Gasteiger partial charge on any atom is 0.252 e. The van der Waals surface area contributed by atoms with Gasteiger partial charge in [-0.3, -0.25) is 9.52 Å². The normalized spacial score (nSPS) is 11.5. The van der Waals surface area contributed by atoms with E-state index in [-0.39, 0.29) is 5.56 Å². The summed E-state index contributed by atoms with van der Waals surface area (Å²) in [4.78, 5) is 15.5. The van der Waals surface area contributed by atoms with Crippen LogP contribution in [0.4, 0.5) is 5.69 Å². The molecule has 2 aromatic heterocycles. The van der Waals surface area contributed by atoms with Crippen LogP contribution >= 0.6 is 0 Å². The molecule has 0 bridgehead atoms. The Labute approximate surface area is 132 Å². The fraction of sp³-hybridized carbons (Fsp3) is 0.0714. The van der Waals surface area contributed by atoms with Crippen molar-refractivity contribution in [3.63, 3.8) is 0 Å². The van der Waals surface area contributed by atoms with E-state index in [1.54, 1.807) is 36.4 Å². The van der Waals surface area contributed by atoms with Crippen molar-refractivity contribution in [3.05, 3.63) is 48.3 Å². The van der Waals surface area contributed by atoms with Crippen LogP contribution in [0.15, 0.2) is 42.7 Å². The number of fused-ring (bicyclic) bond motifs is 1. The molecule has 1 amide bonds. The molecule has 3 rings (SSSR count). The van der Waals surface area contributed by atoms with Gasteiger partial charge >= 0.3 is 0 Å². The molecule has 0 radical (unpaired) electrons. The van der Waals surface area contributed by atoms with Crippen LogP contribution in [0, 0.1) is 0 Å². The molecule has 118 valence electrons. The average Bonchev–Trinajstić information content (AvgIpc) is 2.93. The molecule has 9 heteroatoms. The molecule has 0 spiro atoms. The summed E-state index contributed by atoms with van der Waals surface area (Å²) >= 11 is 0. The third-order valence-corrected chi connectivity index (χ3v) is 3.76. The van der Waals surface area contributed by atoms with E-state index in [9.17, 15) is 13.2 Å². The minimum atomic E-state index is -3.37. The molecule has 0 saturated heterocycles. The first-order valence-electron chi connectivity index (χ1n) is 6.56. The van der Waals surface area contributed by atoms with Crippen molar-refractivity contribution < 1.29 is 13.2 Å². The van der Waals surface area contributed by atoms with E-state index in [0.29, 0.717) is 22.6 Å². The molecule has 0 saturated carbocycles. The minimum Gasteiger partial charge on any atom is -0.365 e. The van der Waals surface area contributed by atoms with Crippen LogP contribution in [0.2, 0.25) is 0 Å². The number of sulfonamides is 1. The summed E-state index contributed by atoms with van der Waals surface area (Å²) in [6, 6.07) is 10.1. The highest BCUT2D eigenvalue weighted by Crippen LogP contribution is 2.24. The second-order valence-electron chi connectivity index (χ2n) is 4.95. The molecule has 2 heterocycles. The van der Waals surface area contributed by atoms with Gasteiger partial charge in [0.25, 0.3) is 5.91 Å². The lowest BCUT2D eigenvalue weighted by atomic mass is 10.1. The summed E-state index contributed by atoms with van der Waals surface area (Å²) in [6.07, 6.45) is 2.40. The van der Waals surface area contributed by atoms with Gasteiger partial charge in [0, 0.05) is 11.3 Å². The number of hydrogen-bond acceptors (Lipinski definition) is 5. The Bertz CT molecular complexity index is 1010. The molecule has 0 atom stereocenters. The van der Waals surface area contributed by atoms with Crippen molar-refractivity contribution in [2.24, 2.45) is 5.73 Å². The molecular formula is C14H13N5O3S. The zero-order chi connectivity index (χ0) is 16.6. The van der Waals surface area contributed by atoms with Gasteiger partial charge in [-0.25, -0.2) is 17.9 Å². The number of nitrogens with two attached hydrogens (primary N) is 1. The van der Waals surface area contributed by atoms with Crippen LogP contribution in [0.3, 0.4) is 0 Å². The smallest absolute Gasteiger partial charge is 0.252 e. The van der Waals surface area contributed by atoms with Gasteiger partial charge in [-0.2, -0.15) is 5.10 Å². The number of aromatic nitrogens is 3. The first-order chi connectivity index (χ1) is 10.8. The first kappa shape index (κ1) is 15.0. The zero-order valence-corrected chi connectivity index (χ0v) is 12.9. The van der Waals surface area contributed by atoms with Gasteiger partial charge in [0.1, 0.15) is 6.33 Å². The molecule has 8 nitrogen and oxygen atoms in total. The van der Waals surface area contributed by atoms with E-state index in [1.165, 1.54) is 10.8 Å². The number of carbonyl (C=O) groups excluding carboxylic acids is 1. The second kappa shape index (κ2) is 5.36. The SMILES string of the molecule is CS(=O)(=O)Nc1cccc(-c2ccc(C(N)=O)c3ncnn23)c1. The molecule has 1 aromatic carbocycles. The number of carbonyl (C=O) groups is 1. The predicted molar refractivity (Wildman–Crippen MR) is 85.4 cm³/mol. The number of primary amides is 1. The highest BCUT2D eigenvalue weighted by Gasteiger charge is 2.13. The molecule has 0 aliphatic rings. The van der Waals surface area contributed by atoms with Crippen LogP contribution in [0.5, 0.6) is 0 Å². The van der Waals surface area contributed by atoms with Crippen molar-refractivity contribution in [3.8, 4) is 11.3 Å². The van der Waals surface area contributed by atoms with Crippen molar-refractivity contribution in [2.75, 3.05) is 11.0 Å². The Morgan fingerprint density at radius 2 is 2.04 bits per heavy atom. The van der Waals surface area contributed by atoms with Crippen molar-refractivity contribution in [1.29, 1.82) is 0 Å². The van der Waals surface area contributed by atoms with Crippen LogP contribution < -0.4 is 10.5 Å². The zero-order valence-electron chi connectivity index (χ0n) is 12.1. The highest BCUT2D eigenvalue weighted by molar-refractivity contribution is 7.92. The maximum atomic E-state index is 11.4. The maximum absolute atomic E-state index is 11.4. The topological polar surface area (TPSA) is 119 Å². The third kappa shape index (κ3) is 2.99. The van der Waals surface area contributed by atoms with E-state index >= 15 is 0 Å². The number of amides is 1. The summed E-state index contributed by atoms with van der Waals surface area (Å²) in [7, 11) is -3.37. The first-order valence-corrected chi connectivity index (χ1v) is 8.45. The highest BCUT2D eigenvalue weighted by atomic mass is 32.2. The number of benzene rings is 1. The van der Waals surface area contributed by atoms with E-state index in [0.717, 1.165) is 6.26 Å². The van der Waals surface area contributed by atoms with E-state index in [2.05, 4.69) is 14.8 Å². The van der Waals surface area contributed by atoms with Crippen molar-refractivity contribution >= 4 is 27.3 Å². The summed E-state index contributed by atoms with van der Waals surface area (Å²) in [5.41, 5.74) is 7.72. The van der Waals surface area contributed by atoms with Gasteiger partial charge in [0.05, 0.1) is 17.5 Å². The Morgan fingerprint density at radius 3 is 2.74 bits per heavy atom. The van der Waals surface area contributed by atoms with E-state index in [1.807, 2.05) is 0 Å². The van der Waals surface area contributed by atoms with Crippen LogP contribution in [-0.2, 0) is 10.0 Å². The van der Waals surface area contributed by atoms with Gasteiger partial charge in [-0.05, 0) is 24.3 Å². The summed E-state index contributed by atoms with van der Waals surface area (Å²) in [5, 5.41) is 4.10. The number of nitrogens with zero attached hydrogens (tertiary/aromatic N) is 3. The van der Waals surface area contributed by atoms with Gasteiger partial charge in [0.15, 0.2) is 5.65 Å². The van der Waals surface area contributed by atoms with Crippen LogP contribution in [0.1, 0.15) is 10.4 Å². The second-order valence-corrected chi connectivity index (χ2v) is 6.70. The lowest BCUT2D eigenvalue weighted by Crippen LogP contribution is -2.13. The molecule has 3 N–H and O–H groups in total. The average molecular weight is 331 g/mol. The van der Waals surface area contributed by atoms with Crippen molar-refractivity contribution in [2.45, 2.75) is 0 Å². The summed E-state index contributed by atoms with van der Waals surface area (Å²) in [6.45, 7) is 0. The third-order valence-electron chi connectivity index (χ3n) is 3.15. The fourth-order valence-corrected chi connectivity index (χ4v) is 2.83. The quantitative estimate of drug-likeness (QED) is 0.735. The number of anilines is 1. The summed E-state index contributed by atoms with van der Waals surface area (Å²) in [5.74, 6) is -0.595. The van der Waals surface area contributed by atoms with E-state index < -0.39 is 15.9 Å². The number of hydrogen-bond donors (Lipinski definition) is 2. The van der Waals surface area contributed by atoms with Gasteiger partial charge in [-0.1, -0.05) is 12.1 Å². The minimum absolute atomic E-state index is 0.261. The standard InChI is InChI=1S/C14H13N5O3S/c1-23(21,22)18-10-4-2-3-9(7-10)12-6-5-11(13(15)20)14-16-8-17-19(12)14/h2-8,18H,1H3,(H2,15,20). The lowest BCUT2D eigenvalue weighted by Gasteiger charge is -2.09. The van der Waals surface area contributed by atoms with Gasteiger partial charge in [0.2, 0.25) is 10.0 Å². The van der Waals surface area contributed by atoms with Crippen molar-refractivity contribution in [1.82, 2.24) is 14.6 Å². The molecule has 0 aliphatic heterocycles. The molecule has 23 heavy (non-hydrogen) atoms. The number of rotatable bonds is 4. The molecule has 0 fully saturated rings. The Morgan fingerprint density at radius 1 is 1.26 bits per heavy atom. The Kier molecular flexibility index (Phi) is 3.49. The lowest BCUT2D eigenvalue weighted by molar-refractivity contribution is 0.100. The molecular weight excluding hydrogens is 318 g/mol. The van der Waals surface area contributed by atoms with Crippen LogP contribution in [-0.4, -0.2) is 35.2 Å². The molecule has 0 unspecified atom stereocenters. The van der Waals surface area contributed by atoms with Crippen LogP contribution in [0.25, 0.3) is 16.9 Å². The Hall–Kier alpha value is -2.94. The molecule has 3 aromatic rings. The number of nitrogens with one attached hydrogen (secondary N) is 1. The Balaban J connectivity index is 2.15. The van der Waals surface area contributed by atoms with Gasteiger partial charge in [-0.15, -0.1) is 0 Å². The summed E-state index contributed by atoms with van der Waals surface area (Å²) < 4.78 is 26.6. The van der Waals surface area contributed by atoms with Gasteiger partial charge < -0.3 is 5.73 Å². The molecule has 0 aliphatic carbocycles. The predicted octanol–water partition coefficient (Wildman–Crippen LogP) is 0.867. The monoisotopic (exact) mass is 331 g/mol.